The van der Waals surface area contributed by atoms with Gasteiger partial charge in [-0.15, -0.1) is 0 Å². The molecule has 0 amide bonds. The summed E-state index contributed by atoms with van der Waals surface area (Å²) in [4.78, 5) is 9.15. The first kappa shape index (κ1) is 13.6. The number of benzene rings is 1. The molecule has 0 saturated carbocycles. The van der Waals surface area contributed by atoms with Gasteiger partial charge in [0.15, 0.2) is 8.38 Å². The number of rotatable bonds is 8. The summed E-state index contributed by atoms with van der Waals surface area (Å²) in [5, 5.41) is 3.07. The van der Waals surface area contributed by atoms with Crippen LogP contribution in [0.5, 0.6) is 0 Å². The highest BCUT2D eigenvalue weighted by molar-refractivity contribution is 7.46. The second-order valence-electron chi connectivity index (χ2n) is 3.24. The van der Waals surface area contributed by atoms with Gasteiger partial charge in [-0.1, -0.05) is 30.3 Å². The normalized spacial score (nSPS) is 12.6. The van der Waals surface area contributed by atoms with Crippen LogP contribution in [0.2, 0.25) is 0 Å². The Morgan fingerprint density at radius 3 is 2.75 bits per heavy atom. The molecule has 1 aromatic carbocycles. The average Bonchev–Trinajstić information content (AvgIpc) is 2.34. The third kappa shape index (κ3) is 6.16. The lowest BCUT2D eigenvalue weighted by atomic mass is 10.2. The second kappa shape index (κ2) is 8.62. The minimum atomic E-state index is -1.26. The van der Waals surface area contributed by atoms with E-state index in [0.29, 0.717) is 26.0 Å². The van der Waals surface area contributed by atoms with Crippen molar-refractivity contribution in [2.45, 2.75) is 6.61 Å². The fraction of sp³-hybridized carbons (Fsp3) is 0.455. The Labute approximate surface area is 97.5 Å². The highest BCUT2D eigenvalue weighted by Crippen LogP contribution is 2.27. The Hall–Kier alpha value is -0.510. The van der Waals surface area contributed by atoms with Gasteiger partial charge >= 0.3 is 0 Å². The van der Waals surface area contributed by atoms with Crippen molar-refractivity contribution in [1.82, 2.24) is 5.32 Å². The number of ether oxygens (including phenoxy) is 1. The van der Waals surface area contributed by atoms with Gasteiger partial charge in [0.05, 0.1) is 13.3 Å². The Morgan fingerprint density at radius 2 is 2.06 bits per heavy atom. The molecule has 0 aliphatic rings. The summed E-state index contributed by atoms with van der Waals surface area (Å²) in [5.74, 6) is 0. The summed E-state index contributed by atoms with van der Waals surface area (Å²) in [6.45, 7) is 1.79. The van der Waals surface area contributed by atoms with Crippen molar-refractivity contribution < 1.29 is 14.2 Å². The minimum absolute atomic E-state index is 0.488. The molecule has 0 aliphatic heterocycles. The molecule has 4 nitrogen and oxygen atoms in total. The lowest BCUT2D eigenvalue weighted by Gasteiger charge is -2.08. The standard InChI is InChI=1S/C11H18NO3P/c1-14-16(13)8-7-12-10-15-9-11-5-3-2-4-6-11/h2-6,12-13H,7-10H2,1H3. The van der Waals surface area contributed by atoms with Crippen LogP contribution in [0.15, 0.2) is 30.3 Å². The summed E-state index contributed by atoms with van der Waals surface area (Å²) in [5.41, 5.74) is 1.16. The third-order valence-corrected chi connectivity index (χ3v) is 3.03. The van der Waals surface area contributed by atoms with E-state index in [1.165, 1.54) is 7.11 Å². The molecule has 16 heavy (non-hydrogen) atoms. The Bertz CT molecular complexity index is 271. The molecule has 0 aromatic heterocycles. The summed E-state index contributed by atoms with van der Waals surface area (Å²) in [6, 6.07) is 10.0. The number of hydrogen-bond acceptors (Lipinski definition) is 4. The molecule has 90 valence electrons. The molecule has 1 aromatic rings. The molecule has 0 saturated heterocycles. The molecule has 0 spiro atoms. The molecule has 5 heteroatoms. The molecule has 0 bridgehead atoms. The Morgan fingerprint density at radius 1 is 1.31 bits per heavy atom. The number of nitrogens with one attached hydrogen (secondary N) is 1. The van der Waals surface area contributed by atoms with Gasteiger partial charge in [0.2, 0.25) is 0 Å². The summed E-state index contributed by atoms with van der Waals surface area (Å²) in [6.07, 6.45) is 0.626. The topological polar surface area (TPSA) is 50.7 Å². The van der Waals surface area contributed by atoms with E-state index in [9.17, 15) is 0 Å². The molecule has 1 atom stereocenters. The summed E-state index contributed by atoms with van der Waals surface area (Å²) >= 11 is 0. The Balaban J connectivity index is 1.96. The number of hydrogen-bond donors (Lipinski definition) is 2. The second-order valence-corrected chi connectivity index (χ2v) is 4.75. The van der Waals surface area contributed by atoms with Gasteiger partial charge in [-0.05, 0) is 5.56 Å². The van der Waals surface area contributed by atoms with Gasteiger partial charge in [-0.2, -0.15) is 0 Å². The maximum absolute atomic E-state index is 9.15. The van der Waals surface area contributed by atoms with Crippen LogP contribution in [-0.4, -0.2) is 31.4 Å². The molecule has 0 radical (unpaired) electrons. The zero-order chi connectivity index (χ0) is 11.6. The molecule has 0 fully saturated rings. The van der Waals surface area contributed by atoms with Gasteiger partial charge in [0, 0.05) is 19.8 Å². The zero-order valence-corrected chi connectivity index (χ0v) is 10.3. The zero-order valence-electron chi connectivity index (χ0n) is 9.43. The fourth-order valence-electron chi connectivity index (χ4n) is 1.15. The molecule has 1 unspecified atom stereocenters. The van der Waals surface area contributed by atoms with E-state index in [2.05, 4.69) is 5.32 Å². The quantitative estimate of drug-likeness (QED) is 0.414. The van der Waals surface area contributed by atoms with Gasteiger partial charge in [0.1, 0.15) is 0 Å². The third-order valence-electron chi connectivity index (χ3n) is 2.01. The highest BCUT2D eigenvalue weighted by Gasteiger charge is 2.00. The van der Waals surface area contributed by atoms with E-state index in [-0.39, 0.29) is 0 Å². The van der Waals surface area contributed by atoms with Crippen molar-refractivity contribution in [2.24, 2.45) is 0 Å². The van der Waals surface area contributed by atoms with Gasteiger partial charge in [0.25, 0.3) is 0 Å². The van der Waals surface area contributed by atoms with Gasteiger partial charge in [-0.25, -0.2) is 0 Å². The van der Waals surface area contributed by atoms with Gasteiger partial charge in [-0.3, -0.25) is 5.32 Å². The smallest absolute Gasteiger partial charge is 0.168 e. The van der Waals surface area contributed by atoms with E-state index in [0.717, 1.165) is 5.56 Å². The molecular formula is C11H18NO3P. The summed E-state index contributed by atoms with van der Waals surface area (Å²) < 4.78 is 10.2. The SMILES string of the molecule is COP(O)CCNCOCc1ccccc1. The van der Waals surface area contributed by atoms with Crippen LogP contribution in [0, 0.1) is 0 Å². The van der Waals surface area contributed by atoms with E-state index < -0.39 is 8.38 Å². The van der Waals surface area contributed by atoms with E-state index in [1.54, 1.807) is 0 Å². The summed E-state index contributed by atoms with van der Waals surface area (Å²) in [7, 11) is 0.250. The van der Waals surface area contributed by atoms with Crippen molar-refractivity contribution in [2.75, 3.05) is 26.5 Å². The van der Waals surface area contributed by atoms with Gasteiger partial charge < -0.3 is 14.2 Å². The monoisotopic (exact) mass is 243 g/mol. The first-order valence-corrected chi connectivity index (χ1v) is 6.55. The molecule has 0 heterocycles. The first-order valence-electron chi connectivity index (χ1n) is 5.16. The fourth-order valence-corrected chi connectivity index (χ4v) is 1.69. The van der Waals surface area contributed by atoms with Crippen LogP contribution in [-0.2, 0) is 15.9 Å². The predicted octanol–water partition coefficient (Wildman–Crippen LogP) is 1.70. The van der Waals surface area contributed by atoms with Crippen molar-refractivity contribution >= 4 is 8.38 Å². The molecule has 0 aliphatic carbocycles. The van der Waals surface area contributed by atoms with Crippen molar-refractivity contribution in [1.29, 1.82) is 0 Å². The maximum Gasteiger partial charge on any atom is 0.168 e. The van der Waals surface area contributed by atoms with Crippen LogP contribution in [0.4, 0.5) is 0 Å². The lowest BCUT2D eigenvalue weighted by molar-refractivity contribution is 0.105. The Kier molecular flexibility index (Phi) is 7.30. The van der Waals surface area contributed by atoms with Crippen molar-refractivity contribution in [3.05, 3.63) is 35.9 Å². The van der Waals surface area contributed by atoms with Crippen LogP contribution in [0.25, 0.3) is 0 Å². The highest BCUT2D eigenvalue weighted by atomic mass is 31.2. The largest absolute Gasteiger partial charge is 0.362 e. The first-order chi connectivity index (χ1) is 7.83. The van der Waals surface area contributed by atoms with Crippen molar-refractivity contribution in [3.8, 4) is 0 Å². The van der Waals surface area contributed by atoms with Crippen LogP contribution in [0.1, 0.15) is 5.56 Å². The molecular weight excluding hydrogens is 225 g/mol. The maximum atomic E-state index is 9.15. The lowest BCUT2D eigenvalue weighted by Crippen LogP contribution is -2.21. The van der Waals surface area contributed by atoms with Crippen LogP contribution in [0.3, 0.4) is 0 Å². The van der Waals surface area contributed by atoms with E-state index >= 15 is 0 Å². The average molecular weight is 243 g/mol. The van der Waals surface area contributed by atoms with Crippen LogP contribution < -0.4 is 5.32 Å². The van der Waals surface area contributed by atoms with Crippen LogP contribution >= 0.6 is 8.38 Å². The predicted molar refractivity (Wildman–Crippen MR) is 65.1 cm³/mol. The molecule has 1 rings (SSSR count). The van der Waals surface area contributed by atoms with E-state index in [1.807, 2.05) is 30.3 Å². The van der Waals surface area contributed by atoms with E-state index in [4.69, 9.17) is 14.2 Å². The molecule has 2 N–H and O–H groups in total. The van der Waals surface area contributed by atoms with Crippen molar-refractivity contribution in [3.63, 3.8) is 0 Å². The minimum Gasteiger partial charge on any atom is -0.362 e.